The van der Waals surface area contributed by atoms with Crippen molar-refractivity contribution >= 4 is 35.0 Å². The number of carbonyl (C=O) groups excluding carboxylic acids is 2. The minimum absolute atomic E-state index is 0.0259. The van der Waals surface area contributed by atoms with Crippen LogP contribution in [0.3, 0.4) is 0 Å². The van der Waals surface area contributed by atoms with E-state index in [4.69, 9.17) is 27.9 Å². The summed E-state index contributed by atoms with van der Waals surface area (Å²) in [6.07, 6.45) is 3.26. The highest BCUT2D eigenvalue weighted by Gasteiger charge is 2.38. The maximum absolute atomic E-state index is 12.5. The number of amides is 2. The first-order chi connectivity index (χ1) is 11.4. The van der Waals surface area contributed by atoms with Crippen LogP contribution in [0.2, 0.25) is 10.0 Å². The second kappa shape index (κ2) is 6.77. The number of carbonyl (C=O) groups is 2. The normalized spacial score (nSPS) is 17.8. The Hall–Kier alpha value is -1.52. The Balaban J connectivity index is 1.83. The zero-order chi connectivity index (χ0) is 17.4. The predicted molar refractivity (Wildman–Crippen MR) is 93.3 cm³/mol. The lowest BCUT2D eigenvalue weighted by molar-refractivity contribution is -0.138. The number of hydrogen-bond donors (Lipinski definition) is 0. The molecule has 4 nitrogen and oxygen atoms in total. The van der Waals surface area contributed by atoms with Crippen LogP contribution in [0.5, 0.6) is 5.75 Å². The number of rotatable bonds is 4. The van der Waals surface area contributed by atoms with Crippen molar-refractivity contribution in [3.63, 3.8) is 0 Å². The van der Waals surface area contributed by atoms with Crippen molar-refractivity contribution in [3.05, 3.63) is 38.9 Å². The first-order valence-electron chi connectivity index (χ1n) is 8.12. The van der Waals surface area contributed by atoms with E-state index in [0.717, 1.165) is 12.8 Å². The summed E-state index contributed by atoms with van der Waals surface area (Å²) >= 11 is 12.6. The highest BCUT2D eigenvalue weighted by atomic mass is 35.5. The van der Waals surface area contributed by atoms with Gasteiger partial charge in [0.15, 0.2) is 0 Å². The van der Waals surface area contributed by atoms with Crippen LogP contribution in [0, 0.1) is 0 Å². The average molecular weight is 368 g/mol. The SMILES string of the molecule is CC(C)Oc1ccc(CN2C(=O)C3=C(CCCC3)C2=O)c(Cl)c1Cl. The zero-order valence-corrected chi connectivity index (χ0v) is 15.2. The minimum Gasteiger partial charge on any atom is -0.489 e. The maximum Gasteiger partial charge on any atom is 0.257 e. The quantitative estimate of drug-likeness (QED) is 0.734. The van der Waals surface area contributed by atoms with E-state index in [2.05, 4.69) is 0 Å². The van der Waals surface area contributed by atoms with Gasteiger partial charge in [0.05, 0.1) is 17.7 Å². The smallest absolute Gasteiger partial charge is 0.257 e. The monoisotopic (exact) mass is 367 g/mol. The number of halogens is 2. The van der Waals surface area contributed by atoms with Crippen molar-refractivity contribution in [1.29, 1.82) is 0 Å². The first kappa shape index (κ1) is 17.3. The molecule has 1 aliphatic carbocycles. The van der Waals surface area contributed by atoms with Gasteiger partial charge in [-0.2, -0.15) is 0 Å². The molecule has 0 atom stereocenters. The Labute approximate surface area is 151 Å². The third-order valence-corrected chi connectivity index (χ3v) is 5.20. The lowest BCUT2D eigenvalue weighted by Crippen LogP contribution is -2.31. The summed E-state index contributed by atoms with van der Waals surface area (Å²) in [6, 6.07) is 3.48. The Morgan fingerprint density at radius 1 is 1.04 bits per heavy atom. The van der Waals surface area contributed by atoms with E-state index in [0.29, 0.717) is 45.3 Å². The van der Waals surface area contributed by atoms with Gasteiger partial charge in [-0.25, -0.2) is 0 Å². The van der Waals surface area contributed by atoms with E-state index in [1.807, 2.05) is 13.8 Å². The molecule has 1 heterocycles. The van der Waals surface area contributed by atoms with Crippen molar-refractivity contribution in [2.24, 2.45) is 0 Å². The van der Waals surface area contributed by atoms with Gasteiger partial charge in [0.1, 0.15) is 10.8 Å². The molecular formula is C18H19Cl2NO3. The van der Waals surface area contributed by atoms with Crippen molar-refractivity contribution in [2.75, 3.05) is 0 Å². The Morgan fingerprint density at radius 2 is 1.62 bits per heavy atom. The summed E-state index contributed by atoms with van der Waals surface area (Å²) in [6.45, 7) is 3.93. The van der Waals surface area contributed by atoms with Gasteiger partial charge < -0.3 is 4.74 Å². The molecule has 0 radical (unpaired) electrons. The molecule has 2 aliphatic rings. The summed E-state index contributed by atoms with van der Waals surface area (Å²) < 4.78 is 5.60. The summed E-state index contributed by atoms with van der Waals surface area (Å²) in [4.78, 5) is 26.3. The van der Waals surface area contributed by atoms with E-state index in [1.165, 1.54) is 4.90 Å². The molecule has 2 amide bonds. The van der Waals surface area contributed by atoms with Crippen molar-refractivity contribution in [2.45, 2.75) is 52.2 Å². The number of benzene rings is 1. The van der Waals surface area contributed by atoms with Crippen molar-refractivity contribution in [1.82, 2.24) is 4.90 Å². The van der Waals surface area contributed by atoms with Crippen LogP contribution in [0.1, 0.15) is 45.1 Å². The van der Waals surface area contributed by atoms with E-state index < -0.39 is 0 Å². The van der Waals surface area contributed by atoms with Crippen molar-refractivity contribution < 1.29 is 14.3 Å². The summed E-state index contributed by atoms with van der Waals surface area (Å²) in [5, 5.41) is 0.625. The highest BCUT2D eigenvalue weighted by molar-refractivity contribution is 6.43. The molecule has 0 aromatic heterocycles. The van der Waals surface area contributed by atoms with Crippen LogP contribution in [-0.4, -0.2) is 22.8 Å². The largest absolute Gasteiger partial charge is 0.489 e. The van der Waals surface area contributed by atoms with E-state index >= 15 is 0 Å². The second-order valence-electron chi connectivity index (χ2n) is 6.38. The van der Waals surface area contributed by atoms with E-state index in [9.17, 15) is 9.59 Å². The van der Waals surface area contributed by atoms with Gasteiger partial charge in [-0.15, -0.1) is 0 Å². The average Bonchev–Trinajstić information content (AvgIpc) is 2.79. The molecule has 1 aromatic rings. The summed E-state index contributed by atoms with van der Waals surface area (Å²) in [5.41, 5.74) is 1.99. The molecule has 0 saturated heterocycles. The number of nitrogens with zero attached hydrogens (tertiary/aromatic N) is 1. The van der Waals surface area contributed by atoms with Gasteiger partial charge in [-0.1, -0.05) is 29.3 Å². The maximum atomic E-state index is 12.5. The number of hydrogen-bond acceptors (Lipinski definition) is 3. The molecule has 1 aliphatic heterocycles. The Morgan fingerprint density at radius 3 is 2.17 bits per heavy atom. The Bertz CT molecular complexity index is 712. The first-order valence-corrected chi connectivity index (χ1v) is 8.87. The van der Waals surface area contributed by atoms with Gasteiger partial charge in [0.25, 0.3) is 11.8 Å². The molecule has 0 bridgehead atoms. The van der Waals surface area contributed by atoms with Gasteiger partial charge in [0, 0.05) is 11.1 Å². The van der Waals surface area contributed by atoms with Crippen LogP contribution in [0.4, 0.5) is 0 Å². The molecule has 3 rings (SSSR count). The summed E-state index contributed by atoms with van der Waals surface area (Å²) in [5.74, 6) is 0.116. The molecule has 0 spiro atoms. The lowest BCUT2D eigenvalue weighted by atomic mass is 9.93. The van der Waals surface area contributed by atoms with Crippen LogP contribution in [0.15, 0.2) is 23.3 Å². The third kappa shape index (κ3) is 3.05. The van der Waals surface area contributed by atoms with Gasteiger partial charge in [0.2, 0.25) is 0 Å². The molecule has 24 heavy (non-hydrogen) atoms. The van der Waals surface area contributed by atoms with E-state index in [1.54, 1.807) is 12.1 Å². The Kier molecular flexibility index (Phi) is 4.88. The van der Waals surface area contributed by atoms with Crippen LogP contribution < -0.4 is 4.74 Å². The molecule has 0 saturated carbocycles. The minimum atomic E-state index is -0.190. The molecule has 6 heteroatoms. The van der Waals surface area contributed by atoms with Crippen molar-refractivity contribution in [3.8, 4) is 5.75 Å². The molecule has 0 unspecified atom stereocenters. The van der Waals surface area contributed by atoms with Crippen LogP contribution >= 0.6 is 23.2 Å². The third-order valence-electron chi connectivity index (χ3n) is 4.29. The molecule has 1 aromatic carbocycles. The molecule has 0 N–H and O–H groups in total. The zero-order valence-electron chi connectivity index (χ0n) is 13.7. The van der Waals surface area contributed by atoms with Crippen LogP contribution in [-0.2, 0) is 16.1 Å². The number of imide groups is 1. The fraction of sp³-hybridized carbons (Fsp3) is 0.444. The van der Waals surface area contributed by atoms with Gasteiger partial charge >= 0.3 is 0 Å². The molecule has 128 valence electrons. The lowest BCUT2D eigenvalue weighted by Gasteiger charge is -2.18. The second-order valence-corrected chi connectivity index (χ2v) is 7.13. The molecule has 0 fully saturated rings. The summed E-state index contributed by atoms with van der Waals surface area (Å²) in [7, 11) is 0. The van der Waals surface area contributed by atoms with Gasteiger partial charge in [-0.3, -0.25) is 14.5 Å². The fourth-order valence-corrected chi connectivity index (χ4v) is 3.59. The van der Waals surface area contributed by atoms with Gasteiger partial charge in [-0.05, 0) is 51.2 Å². The molecular weight excluding hydrogens is 349 g/mol. The van der Waals surface area contributed by atoms with Crippen LogP contribution in [0.25, 0.3) is 0 Å². The standard InChI is InChI=1S/C18H19Cl2NO3/c1-10(2)24-14-8-7-11(15(19)16(14)20)9-21-17(22)12-5-3-4-6-13(12)18(21)23/h7-8,10H,3-6,9H2,1-2H3. The van der Waals surface area contributed by atoms with E-state index in [-0.39, 0.29) is 24.5 Å². The topological polar surface area (TPSA) is 46.6 Å². The fourth-order valence-electron chi connectivity index (χ4n) is 3.15. The predicted octanol–water partition coefficient (Wildman–Crippen LogP) is 4.52. The highest BCUT2D eigenvalue weighted by Crippen LogP contribution is 2.38. The number of ether oxygens (including phenoxy) is 1.